The van der Waals surface area contributed by atoms with Crippen LogP contribution in [-0.2, 0) is 9.59 Å². The van der Waals surface area contributed by atoms with Crippen LogP contribution in [0.25, 0.3) is 5.69 Å². The minimum atomic E-state index is -0.779. The Kier molecular flexibility index (Phi) is 4.78. The molecule has 6 rings (SSSR count). The summed E-state index contributed by atoms with van der Waals surface area (Å²) in [6.45, 7) is -0.287. The van der Waals surface area contributed by atoms with Crippen molar-refractivity contribution in [3.63, 3.8) is 0 Å². The maximum absolute atomic E-state index is 13.3. The van der Waals surface area contributed by atoms with Gasteiger partial charge in [-0.3, -0.25) is 14.5 Å². The zero-order valence-corrected chi connectivity index (χ0v) is 18.6. The van der Waals surface area contributed by atoms with Gasteiger partial charge in [-0.25, -0.2) is 9.48 Å². The number of amides is 4. The molecule has 4 aliphatic rings. The van der Waals surface area contributed by atoms with Gasteiger partial charge in [0.2, 0.25) is 5.91 Å². The Morgan fingerprint density at radius 1 is 1.03 bits per heavy atom. The molecule has 0 unspecified atom stereocenters. The van der Waals surface area contributed by atoms with E-state index in [0.29, 0.717) is 11.7 Å². The van der Waals surface area contributed by atoms with E-state index in [4.69, 9.17) is 5.10 Å². The van der Waals surface area contributed by atoms with E-state index in [1.165, 1.54) is 12.8 Å². The van der Waals surface area contributed by atoms with Crippen molar-refractivity contribution in [1.29, 1.82) is 0 Å². The highest BCUT2D eigenvalue weighted by molar-refractivity contribution is 6.10. The summed E-state index contributed by atoms with van der Waals surface area (Å²) in [5.74, 6) is 0.767. The number of nitrogens with one attached hydrogen (secondary N) is 2. The molecule has 33 heavy (non-hydrogen) atoms. The Bertz CT molecular complexity index is 1080. The third-order valence-electron chi connectivity index (χ3n) is 7.67. The van der Waals surface area contributed by atoms with Crippen molar-refractivity contribution < 1.29 is 14.4 Å². The third-order valence-corrected chi connectivity index (χ3v) is 7.67. The number of aromatic nitrogens is 2. The number of benzene rings is 1. The van der Waals surface area contributed by atoms with Gasteiger partial charge in [0.15, 0.2) is 0 Å². The molecule has 1 aliphatic heterocycles. The number of urea groups is 1. The molecule has 8 heteroatoms. The summed E-state index contributed by atoms with van der Waals surface area (Å²) in [7, 11) is 0. The van der Waals surface area contributed by atoms with Gasteiger partial charge in [0.25, 0.3) is 5.91 Å². The molecule has 2 heterocycles. The van der Waals surface area contributed by atoms with Crippen molar-refractivity contribution >= 4 is 23.7 Å². The minimum absolute atomic E-state index is 0.211. The van der Waals surface area contributed by atoms with Crippen molar-refractivity contribution in [2.45, 2.75) is 62.8 Å². The van der Waals surface area contributed by atoms with E-state index >= 15 is 0 Å². The Morgan fingerprint density at radius 3 is 2.33 bits per heavy atom. The number of carbonyl (C=O) groups is 3. The molecule has 0 bridgehead atoms. The van der Waals surface area contributed by atoms with Crippen molar-refractivity contribution in [1.82, 2.24) is 20.0 Å². The molecule has 0 radical (unpaired) electrons. The molecule has 4 fully saturated rings. The van der Waals surface area contributed by atoms with E-state index in [2.05, 4.69) is 10.6 Å². The zero-order valence-electron chi connectivity index (χ0n) is 18.6. The molecule has 0 atom stereocenters. The number of imide groups is 1. The van der Waals surface area contributed by atoms with Crippen LogP contribution in [0.4, 0.5) is 10.6 Å². The fourth-order valence-electron chi connectivity index (χ4n) is 5.72. The van der Waals surface area contributed by atoms with Crippen LogP contribution in [0.1, 0.15) is 63.0 Å². The number of nitrogens with zero attached hydrogens (tertiary/aromatic N) is 3. The highest BCUT2D eigenvalue weighted by Crippen LogP contribution is 2.54. The van der Waals surface area contributed by atoms with Crippen molar-refractivity contribution in [3.05, 3.63) is 42.1 Å². The van der Waals surface area contributed by atoms with Gasteiger partial charge >= 0.3 is 6.03 Å². The zero-order chi connectivity index (χ0) is 22.6. The number of rotatable bonds is 7. The SMILES string of the molecule is O=C(CN1C(=O)NC(C2CC2)(C2CC2)C1=O)Nc1cc(C2CCCC2)nn1-c1ccccc1. The summed E-state index contributed by atoms with van der Waals surface area (Å²) in [6.07, 6.45) is 8.44. The average Bonchev–Trinajstić information content (AvgIpc) is 3.74. The second-order valence-electron chi connectivity index (χ2n) is 9.97. The Balaban J connectivity index is 1.22. The first-order valence-corrected chi connectivity index (χ1v) is 12.2. The summed E-state index contributed by atoms with van der Waals surface area (Å²) < 4.78 is 1.75. The standard InChI is InChI=1S/C25H29N5O3/c31-22(15-29-23(32)25(17-10-11-17,18-12-13-18)27-24(29)33)26-21-14-20(16-6-4-5-7-16)28-30(21)19-8-2-1-3-9-19/h1-3,8-9,14,16-18H,4-7,10-13,15H2,(H,26,31)(H,27,33). The smallest absolute Gasteiger partial charge is 0.323 e. The van der Waals surface area contributed by atoms with E-state index in [-0.39, 0.29) is 24.3 Å². The molecule has 1 aromatic heterocycles. The number of para-hydroxylation sites is 1. The Labute approximate surface area is 192 Å². The fourth-order valence-corrected chi connectivity index (χ4v) is 5.72. The van der Waals surface area contributed by atoms with Crippen LogP contribution in [0.3, 0.4) is 0 Å². The molecule has 172 valence electrons. The lowest BCUT2D eigenvalue weighted by atomic mass is 9.87. The topological polar surface area (TPSA) is 96.3 Å². The quantitative estimate of drug-likeness (QED) is 0.634. The summed E-state index contributed by atoms with van der Waals surface area (Å²) in [5, 5.41) is 10.7. The van der Waals surface area contributed by atoms with Crippen LogP contribution < -0.4 is 10.6 Å². The minimum Gasteiger partial charge on any atom is -0.323 e. The molecule has 2 N–H and O–H groups in total. The maximum Gasteiger partial charge on any atom is 0.325 e. The van der Waals surface area contributed by atoms with Crippen LogP contribution in [0.2, 0.25) is 0 Å². The Morgan fingerprint density at radius 2 is 1.70 bits per heavy atom. The van der Waals surface area contributed by atoms with Gasteiger partial charge in [-0.05, 0) is 62.5 Å². The van der Waals surface area contributed by atoms with Crippen molar-refractivity contribution in [2.75, 3.05) is 11.9 Å². The largest absolute Gasteiger partial charge is 0.325 e. The molecule has 3 saturated carbocycles. The second kappa shape index (κ2) is 7.71. The third kappa shape index (κ3) is 3.52. The number of hydrogen-bond acceptors (Lipinski definition) is 4. The summed E-state index contributed by atoms with van der Waals surface area (Å²) >= 11 is 0. The lowest BCUT2D eigenvalue weighted by Gasteiger charge is -2.26. The average molecular weight is 448 g/mol. The van der Waals surface area contributed by atoms with Gasteiger partial charge in [0, 0.05) is 12.0 Å². The first-order chi connectivity index (χ1) is 16.1. The van der Waals surface area contributed by atoms with E-state index in [1.54, 1.807) is 4.68 Å². The van der Waals surface area contributed by atoms with Crippen LogP contribution in [0.15, 0.2) is 36.4 Å². The molecule has 1 aromatic carbocycles. The number of carbonyl (C=O) groups excluding carboxylic acids is 3. The van der Waals surface area contributed by atoms with E-state index in [1.807, 2.05) is 36.4 Å². The summed E-state index contributed by atoms with van der Waals surface area (Å²) in [4.78, 5) is 40.1. The van der Waals surface area contributed by atoms with E-state index < -0.39 is 17.5 Å². The van der Waals surface area contributed by atoms with Crippen LogP contribution >= 0.6 is 0 Å². The predicted molar refractivity (Wildman–Crippen MR) is 122 cm³/mol. The molecule has 2 aromatic rings. The maximum atomic E-state index is 13.3. The van der Waals surface area contributed by atoms with Gasteiger partial charge in [0.1, 0.15) is 17.9 Å². The summed E-state index contributed by atoms with van der Waals surface area (Å²) in [5.41, 5.74) is 1.05. The number of hydrogen-bond donors (Lipinski definition) is 2. The van der Waals surface area contributed by atoms with Crippen LogP contribution in [-0.4, -0.2) is 44.6 Å². The van der Waals surface area contributed by atoms with Gasteiger partial charge in [-0.2, -0.15) is 5.10 Å². The summed E-state index contributed by atoms with van der Waals surface area (Å²) in [6, 6.07) is 11.2. The van der Waals surface area contributed by atoms with Crippen LogP contribution in [0.5, 0.6) is 0 Å². The van der Waals surface area contributed by atoms with Gasteiger partial charge in [-0.1, -0.05) is 31.0 Å². The van der Waals surface area contributed by atoms with E-state index in [0.717, 1.165) is 54.8 Å². The van der Waals surface area contributed by atoms with E-state index in [9.17, 15) is 14.4 Å². The second-order valence-corrected chi connectivity index (χ2v) is 9.97. The monoisotopic (exact) mass is 447 g/mol. The highest BCUT2D eigenvalue weighted by atomic mass is 16.2. The van der Waals surface area contributed by atoms with Gasteiger partial charge < -0.3 is 10.6 Å². The fraction of sp³-hybridized carbons (Fsp3) is 0.520. The molecule has 4 amide bonds. The molecule has 1 saturated heterocycles. The van der Waals surface area contributed by atoms with Crippen LogP contribution in [0, 0.1) is 11.8 Å². The first-order valence-electron chi connectivity index (χ1n) is 12.2. The molecule has 3 aliphatic carbocycles. The molecule has 0 spiro atoms. The van der Waals surface area contributed by atoms with Gasteiger partial charge in [-0.15, -0.1) is 0 Å². The highest BCUT2D eigenvalue weighted by Gasteiger charge is 2.65. The normalized spacial score (nSPS) is 22.6. The predicted octanol–water partition coefficient (Wildman–Crippen LogP) is 3.58. The first kappa shape index (κ1) is 20.4. The lowest BCUT2D eigenvalue weighted by molar-refractivity contribution is -0.135. The molecule has 8 nitrogen and oxygen atoms in total. The van der Waals surface area contributed by atoms with Crippen molar-refractivity contribution in [2.24, 2.45) is 11.8 Å². The van der Waals surface area contributed by atoms with Gasteiger partial charge in [0.05, 0.1) is 11.4 Å². The molecular weight excluding hydrogens is 418 g/mol. The van der Waals surface area contributed by atoms with Crippen molar-refractivity contribution in [3.8, 4) is 5.69 Å². The Hall–Kier alpha value is -3.16. The lowest BCUT2D eigenvalue weighted by Crippen LogP contribution is -2.51. The molecular formula is C25H29N5O3. The number of anilines is 1.